The van der Waals surface area contributed by atoms with Gasteiger partial charge in [-0.1, -0.05) is 0 Å². The second kappa shape index (κ2) is 8.34. The number of piperidine rings is 1. The van der Waals surface area contributed by atoms with Gasteiger partial charge < -0.3 is 20.3 Å². The number of hydrogen-bond donors (Lipinski definition) is 2. The molecule has 0 atom stereocenters. The topological polar surface area (TPSA) is 70.7 Å². The molecule has 0 aromatic rings. The molecule has 1 heterocycles. The largest absolute Gasteiger partial charge is 0.384 e. The Morgan fingerprint density at radius 1 is 1.33 bits per heavy atom. The quantitative estimate of drug-likeness (QED) is 0.713. The Kier molecular flexibility index (Phi) is 7.11. The highest BCUT2D eigenvalue weighted by Gasteiger charge is 2.42. The Balaban J connectivity index is 2.76. The van der Waals surface area contributed by atoms with Gasteiger partial charge in [-0.2, -0.15) is 0 Å². The van der Waals surface area contributed by atoms with Gasteiger partial charge in [0.2, 0.25) is 11.8 Å². The maximum atomic E-state index is 12.9. The summed E-state index contributed by atoms with van der Waals surface area (Å²) in [7, 11) is 1.62. The van der Waals surface area contributed by atoms with E-state index >= 15 is 0 Å². The van der Waals surface area contributed by atoms with E-state index in [1.807, 2.05) is 20.8 Å². The number of methoxy groups -OCH3 is 1. The summed E-state index contributed by atoms with van der Waals surface area (Å²) in [6.07, 6.45) is 1.50. The smallest absolute Gasteiger partial charge is 0.239 e. The molecule has 122 valence electrons. The third-order valence-corrected chi connectivity index (χ3v) is 3.89. The van der Waals surface area contributed by atoms with Crippen LogP contribution in [0.5, 0.6) is 0 Å². The number of rotatable bonds is 7. The molecule has 1 aliphatic rings. The molecule has 6 heteroatoms. The van der Waals surface area contributed by atoms with Crippen molar-refractivity contribution >= 4 is 11.8 Å². The Morgan fingerprint density at radius 2 is 1.95 bits per heavy atom. The van der Waals surface area contributed by atoms with Crippen LogP contribution in [0.2, 0.25) is 0 Å². The summed E-state index contributed by atoms with van der Waals surface area (Å²) in [6, 6.07) is 0.0816. The molecule has 0 aromatic carbocycles. The first kappa shape index (κ1) is 17.9. The minimum atomic E-state index is -0.492. The van der Waals surface area contributed by atoms with Crippen molar-refractivity contribution < 1.29 is 14.3 Å². The molecule has 0 saturated carbocycles. The first-order chi connectivity index (χ1) is 9.95. The van der Waals surface area contributed by atoms with Crippen molar-refractivity contribution in [1.82, 2.24) is 15.5 Å². The molecule has 21 heavy (non-hydrogen) atoms. The van der Waals surface area contributed by atoms with Crippen LogP contribution in [0.4, 0.5) is 0 Å². The average molecular weight is 299 g/mol. The standard InChI is InChI=1S/C15H29N3O3/c1-5-18(10-13(19)17-12(2)3)14(20)15(11-21-4)6-8-16-9-7-15/h12,16H,5-11H2,1-4H3,(H,17,19). The van der Waals surface area contributed by atoms with E-state index in [1.165, 1.54) is 0 Å². The predicted molar refractivity (Wildman–Crippen MR) is 81.9 cm³/mol. The number of ether oxygens (including phenoxy) is 1. The summed E-state index contributed by atoms with van der Waals surface area (Å²) in [5, 5.41) is 6.10. The first-order valence-corrected chi connectivity index (χ1v) is 7.73. The summed E-state index contributed by atoms with van der Waals surface area (Å²) >= 11 is 0. The van der Waals surface area contributed by atoms with Crippen molar-refractivity contribution in [2.24, 2.45) is 5.41 Å². The summed E-state index contributed by atoms with van der Waals surface area (Å²) in [6.45, 7) is 8.41. The summed E-state index contributed by atoms with van der Waals surface area (Å²) in [4.78, 5) is 26.5. The van der Waals surface area contributed by atoms with Crippen molar-refractivity contribution in [1.29, 1.82) is 0 Å². The number of nitrogens with zero attached hydrogens (tertiary/aromatic N) is 1. The zero-order valence-electron chi connectivity index (χ0n) is 13.7. The van der Waals surface area contributed by atoms with Crippen LogP contribution in [0.15, 0.2) is 0 Å². The maximum absolute atomic E-state index is 12.9. The Morgan fingerprint density at radius 3 is 2.43 bits per heavy atom. The van der Waals surface area contributed by atoms with E-state index in [1.54, 1.807) is 12.0 Å². The number of likely N-dealkylation sites (N-methyl/N-ethyl adjacent to an activating group) is 1. The predicted octanol–water partition coefficient (Wildman–Crippen LogP) is 0.376. The van der Waals surface area contributed by atoms with Crippen LogP contribution in [0, 0.1) is 5.41 Å². The molecule has 6 nitrogen and oxygen atoms in total. The summed E-state index contributed by atoms with van der Waals surface area (Å²) in [5.74, 6) is -0.0750. The normalized spacial score (nSPS) is 17.6. The lowest BCUT2D eigenvalue weighted by atomic mass is 9.78. The molecule has 0 spiro atoms. The van der Waals surface area contributed by atoms with Crippen molar-refractivity contribution in [2.75, 3.05) is 39.9 Å². The van der Waals surface area contributed by atoms with E-state index in [0.717, 1.165) is 25.9 Å². The highest BCUT2D eigenvalue weighted by Crippen LogP contribution is 2.31. The molecule has 2 N–H and O–H groups in total. The second-order valence-corrected chi connectivity index (χ2v) is 6.00. The monoisotopic (exact) mass is 299 g/mol. The minimum absolute atomic E-state index is 0.0345. The van der Waals surface area contributed by atoms with Gasteiger partial charge in [-0.15, -0.1) is 0 Å². The van der Waals surface area contributed by atoms with Crippen LogP contribution in [0.1, 0.15) is 33.6 Å². The van der Waals surface area contributed by atoms with Crippen molar-refractivity contribution in [2.45, 2.75) is 39.7 Å². The molecular formula is C15H29N3O3. The lowest BCUT2D eigenvalue weighted by Crippen LogP contribution is -2.53. The Hall–Kier alpha value is -1.14. The third-order valence-electron chi connectivity index (χ3n) is 3.89. The van der Waals surface area contributed by atoms with Crippen LogP contribution < -0.4 is 10.6 Å². The molecule has 0 aliphatic carbocycles. The van der Waals surface area contributed by atoms with E-state index in [2.05, 4.69) is 10.6 Å². The Labute approximate surface area is 127 Å². The molecule has 0 radical (unpaired) electrons. The lowest BCUT2D eigenvalue weighted by molar-refractivity contribution is -0.149. The van der Waals surface area contributed by atoms with E-state index in [4.69, 9.17) is 4.74 Å². The fraction of sp³-hybridized carbons (Fsp3) is 0.867. The zero-order valence-corrected chi connectivity index (χ0v) is 13.7. The van der Waals surface area contributed by atoms with E-state index < -0.39 is 5.41 Å². The lowest BCUT2D eigenvalue weighted by Gasteiger charge is -2.39. The van der Waals surface area contributed by atoms with Crippen molar-refractivity contribution in [3.8, 4) is 0 Å². The van der Waals surface area contributed by atoms with Crippen LogP contribution in [0.3, 0.4) is 0 Å². The van der Waals surface area contributed by atoms with Crippen molar-refractivity contribution in [3.63, 3.8) is 0 Å². The first-order valence-electron chi connectivity index (χ1n) is 7.73. The summed E-state index contributed by atoms with van der Waals surface area (Å²) in [5.41, 5.74) is -0.492. The molecule has 1 fully saturated rings. The number of amides is 2. The highest BCUT2D eigenvalue weighted by atomic mass is 16.5. The van der Waals surface area contributed by atoms with Gasteiger partial charge in [0.05, 0.1) is 18.6 Å². The van der Waals surface area contributed by atoms with Gasteiger partial charge in [0.15, 0.2) is 0 Å². The van der Waals surface area contributed by atoms with Gasteiger partial charge in [-0.25, -0.2) is 0 Å². The van der Waals surface area contributed by atoms with Gasteiger partial charge in [-0.3, -0.25) is 9.59 Å². The number of hydrogen-bond acceptors (Lipinski definition) is 4. The average Bonchev–Trinajstić information content (AvgIpc) is 2.44. The molecule has 0 unspecified atom stereocenters. The fourth-order valence-electron chi connectivity index (χ4n) is 2.81. The Bertz CT molecular complexity index is 347. The van der Waals surface area contributed by atoms with Gasteiger partial charge >= 0.3 is 0 Å². The molecule has 1 aliphatic heterocycles. The van der Waals surface area contributed by atoms with E-state index in [9.17, 15) is 9.59 Å². The molecule has 0 aromatic heterocycles. The van der Waals surface area contributed by atoms with Crippen molar-refractivity contribution in [3.05, 3.63) is 0 Å². The van der Waals surface area contributed by atoms with Crippen LogP contribution in [-0.2, 0) is 14.3 Å². The minimum Gasteiger partial charge on any atom is -0.384 e. The van der Waals surface area contributed by atoms with Crippen LogP contribution in [-0.4, -0.2) is 62.7 Å². The van der Waals surface area contributed by atoms with Gasteiger partial charge in [0.1, 0.15) is 0 Å². The number of carbonyl (C=O) groups is 2. The van der Waals surface area contributed by atoms with Gasteiger partial charge in [-0.05, 0) is 46.7 Å². The van der Waals surface area contributed by atoms with Gasteiger partial charge in [0.25, 0.3) is 0 Å². The fourth-order valence-corrected chi connectivity index (χ4v) is 2.81. The van der Waals surface area contributed by atoms with E-state index in [-0.39, 0.29) is 24.4 Å². The molecule has 1 saturated heterocycles. The highest BCUT2D eigenvalue weighted by molar-refractivity contribution is 5.88. The zero-order chi connectivity index (χ0) is 15.9. The summed E-state index contributed by atoms with van der Waals surface area (Å²) < 4.78 is 5.29. The van der Waals surface area contributed by atoms with E-state index in [0.29, 0.717) is 13.2 Å². The van der Waals surface area contributed by atoms with Crippen LogP contribution in [0.25, 0.3) is 0 Å². The molecule has 0 bridgehead atoms. The van der Waals surface area contributed by atoms with Crippen LogP contribution >= 0.6 is 0 Å². The molecule has 2 amide bonds. The number of nitrogens with one attached hydrogen (secondary N) is 2. The third kappa shape index (κ3) is 4.97. The maximum Gasteiger partial charge on any atom is 0.239 e. The SMILES string of the molecule is CCN(CC(=O)NC(C)C)C(=O)C1(COC)CCNCC1. The number of carbonyl (C=O) groups excluding carboxylic acids is 2. The molecular weight excluding hydrogens is 270 g/mol. The van der Waals surface area contributed by atoms with Gasteiger partial charge in [0, 0.05) is 19.7 Å². The molecule has 1 rings (SSSR count). The second-order valence-electron chi connectivity index (χ2n) is 6.00.